The van der Waals surface area contributed by atoms with Gasteiger partial charge in [-0.2, -0.15) is 0 Å². The fourth-order valence-corrected chi connectivity index (χ4v) is 3.25. The second-order valence-corrected chi connectivity index (χ2v) is 6.93. The van der Waals surface area contributed by atoms with E-state index in [9.17, 15) is 19.2 Å². The first-order valence-electron chi connectivity index (χ1n) is 9.35. The molecule has 160 valence electrons. The molecule has 0 radical (unpaired) electrons. The summed E-state index contributed by atoms with van der Waals surface area (Å²) in [7, 11) is 0. The SMILES string of the molecule is CCOC(=O)[C@]1(C)C=C(Nc2ccc(C(=O)O)cc2)C(=O)N1c1ccc(C(=O)O)cc1. The monoisotopic (exact) mass is 424 g/mol. The molecule has 2 aromatic carbocycles. The molecule has 0 fully saturated rings. The maximum atomic E-state index is 13.2. The van der Waals surface area contributed by atoms with Crippen molar-refractivity contribution in [2.45, 2.75) is 19.4 Å². The molecule has 9 heteroatoms. The van der Waals surface area contributed by atoms with E-state index in [1.165, 1.54) is 66.4 Å². The number of hydrogen-bond acceptors (Lipinski definition) is 6. The highest BCUT2D eigenvalue weighted by atomic mass is 16.5. The molecule has 1 aliphatic rings. The maximum absolute atomic E-state index is 13.2. The minimum absolute atomic E-state index is 0.0399. The number of benzene rings is 2. The first kappa shape index (κ1) is 21.6. The molecule has 1 aliphatic heterocycles. The first-order chi connectivity index (χ1) is 14.7. The minimum Gasteiger partial charge on any atom is -0.478 e. The molecule has 9 nitrogen and oxygen atoms in total. The lowest BCUT2D eigenvalue weighted by molar-refractivity contribution is -0.147. The number of anilines is 2. The fraction of sp³-hybridized carbons (Fsp3) is 0.182. The summed E-state index contributed by atoms with van der Waals surface area (Å²) in [5.74, 6) is -3.36. The van der Waals surface area contributed by atoms with Crippen molar-refractivity contribution < 1.29 is 34.1 Å². The number of carboxylic acids is 2. The fourth-order valence-electron chi connectivity index (χ4n) is 3.25. The molecular weight excluding hydrogens is 404 g/mol. The number of esters is 1. The van der Waals surface area contributed by atoms with Crippen LogP contribution in [0.25, 0.3) is 0 Å². The number of hydrogen-bond donors (Lipinski definition) is 3. The zero-order chi connectivity index (χ0) is 22.8. The number of carbonyl (C=O) groups excluding carboxylic acids is 2. The molecule has 0 bridgehead atoms. The number of aromatic carboxylic acids is 2. The Bertz CT molecular complexity index is 1070. The molecule has 0 saturated carbocycles. The van der Waals surface area contributed by atoms with Crippen LogP contribution in [0, 0.1) is 0 Å². The third kappa shape index (κ3) is 4.11. The standard InChI is InChI=1S/C22H20N2O7/c1-3-31-21(30)22(2)12-17(23-15-8-4-13(5-9-15)19(26)27)18(25)24(22)16-10-6-14(7-11-16)20(28)29/h4-12,23H,3H2,1-2H3,(H,26,27)(H,28,29)/t22-/m0/s1. The molecule has 0 spiro atoms. The van der Waals surface area contributed by atoms with Crippen molar-refractivity contribution >= 4 is 35.2 Å². The van der Waals surface area contributed by atoms with Crippen LogP contribution < -0.4 is 10.2 Å². The number of nitrogens with zero attached hydrogens (tertiary/aromatic N) is 1. The summed E-state index contributed by atoms with van der Waals surface area (Å²) in [6, 6.07) is 11.3. The van der Waals surface area contributed by atoms with Crippen LogP contribution in [0.15, 0.2) is 60.3 Å². The van der Waals surface area contributed by atoms with Crippen LogP contribution in [0.1, 0.15) is 34.6 Å². The van der Waals surface area contributed by atoms with Crippen LogP contribution in [0.3, 0.4) is 0 Å². The van der Waals surface area contributed by atoms with E-state index in [2.05, 4.69) is 5.32 Å². The summed E-state index contributed by atoms with van der Waals surface area (Å²) < 4.78 is 5.17. The number of carbonyl (C=O) groups is 4. The number of rotatable bonds is 7. The number of carboxylic acid groups (broad SMARTS) is 2. The number of nitrogens with one attached hydrogen (secondary N) is 1. The second-order valence-electron chi connectivity index (χ2n) is 6.93. The van der Waals surface area contributed by atoms with E-state index in [1.54, 1.807) is 6.92 Å². The van der Waals surface area contributed by atoms with Crippen molar-refractivity contribution in [2.75, 3.05) is 16.8 Å². The number of amides is 1. The molecule has 31 heavy (non-hydrogen) atoms. The summed E-state index contributed by atoms with van der Waals surface area (Å²) in [4.78, 5) is 49.3. The molecular formula is C22H20N2O7. The molecule has 1 amide bonds. The zero-order valence-corrected chi connectivity index (χ0v) is 16.8. The highest BCUT2D eigenvalue weighted by Gasteiger charge is 2.49. The Hall–Kier alpha value is -4.14. The van der Waals surface area contributed by atoms with Gasteiger partial charge >= 0.3 is 17.9 Å². The van der Waals surface area contributed by atoms with Gasteiger partial charge in [-0.1, -0.05) is 0 Å². The van der Waals surface area contributed by atoms with Gasteiger partial charge in [-0.05, 0) is 68.5 Å². The highest BCUT2D eigenvalue weighted by molar-refractivity contribution is 6.16. The first-order valence-corrected chi connectivity index (χ1v) is 9.35. The smallest absolute Gasteiger partial charge is 0.336 e. The lowest BCUT2D eigenvalue weighted by Gasteiger charge is -2.32. The molecule has 0 aromatic heterocycles. The molecule has 1 atom stereocenters. The van der Waals surface area contributed by atoms with Gasteiger partial charge in [0.15, 0.2) is 5.54 Å². The summed E-state index contributed by atoms with van der Waals surface area (Å²) in [5, 5.41) is 21.0. The van der Waals surface area contributed by atoms with E-state index >= 15 is 0 Å². The van der Waals surface area contributed by atoms with Crippen LogP contribution in [-0.2, 0) is 14.3 Å². The van der Waals surface area contributed by atoms with E-state index in [-0.39, 0.29) is 23.4 Å². The third-order valence-corrected chi connectivity index (χ3v) is 4.80. The number of ether oxygens (including phenoxy) is 1. The van der Waals surface area contributed by atoms with Gasteiger partial charge in [-0.25, -0.2) is 14.4 Å². The minimum atomic E-state index is -1.47. The Balaban J connectivity index is 1.97. The summed E-state index contributed by atoms with van der Waals surface area (Å²) >= 11 is 0. The molecule has 0 saturated heterocycles. The van der Waals surface area contributed by atoms with Crippen LogP contribution >= 0.6 is 0 Å². The molecule has 3 rings (SSSR count). The third-order valence-electron chi connectivity index (χ3n) is 4.80. The molecule has 2 aromatic rings. The van der Waals surface area contributed by atoms with Crippen molar-refractivity contribution in [2.24, 2.45) is 0 Å². The Morgan fingerprint density at radius 2 is 1.48 bits per heavy atom. The van der Waals surface area contributed by atoms with Crippen molar-refractivity contribution in [1.82, 2.24) is 0 Å². The average molecular weight is 424 g/mol. The van der Waals surface area contributed by atoms with Crippen molar-refractivity contribution in [3.05, 3.63) is 71.4 Å². The highest BCUT2D eigenvalue weighted by Crippen LogP contribution is 2.35. The van der Waals surface area contributed by atoms with E-state index < -0.39 is 29.4 Å². The topological polar surface area (TPSA) is 133 Å². The summed E-state index contributed by atoms with van der Waals surface area (Å²) in [5.41, 5.74) is -0.465. The van der Waals surface area contributed by atoms with Crippen LogP contribution in [0.5, 0.6) is 0 Å². The molecule has 0 unspecified atom stereocenters. The van der Waals surface area contributed by atoms with Gasteiger partial charge in [0.05, 0.1) is 17.7 Å². The van der Waals surface area contributed by atoms with Gasteiger partial charge in [0, 0.05) is 11.4 Å². The van der Waals surface area contributed by atoms with Crippen molar-refractivity contribution in [1.29, 1.82) is 0 Å². The van der Waals surface area contributed by atoms with E-state index in [1.807, 2.05) is 0 Å². The molecule has 1 heterocycles. The lowest BCUT2D eigenvalue weighted by atomic mass is 10.0. The van der Waals surface area contributed by atoms with Gasteiger partial charge in [0.25, 0.3) is 5.91 Å². The Labute approximate surface area is 177 Å². The maximum Gasteiger partial charge on any atom is 0.336 e. The Kier molecular flexibility index (Phi) is 5.78. The summed E-state index contributed by atoms with van der Waals surface area (Å²) in [6.07, 6.45) is 1.43. The van der Waals surface area contributed by atoms with Gasteiger partial charge < -0.3 is 20.3 Å². The normalized spacial score (nSPS) is 17.8. The van der Waals surface area contributed by atoms with Crippen LogP contribution in [0.4, 0.5) is 11.4 Å². The predicted molar refractivity (Wildman–Crippen MR) is 111 cm³/mol. The zero-order valence-electron chi connectivity index (χ0n) is 16.8. The van der Waals surface area contributed by atoms with Crippen molar-refractivity contribution in [3.63, 3.8) is 0 Å². The Morgan fingerprint density at radius 1 is 0.968 bits per heavy atom. The van der Waals surface area contributed by atoms with Crippen molar-refractivity contribution in [3.8, 4) is 0 Å². The van der Waals surface area contributed by atoms with Gasteiger partial charge in [-0.15, -0.1) is 0 Å². The van der Waals surface area contributed by atoms with E-state index in [4.69, 9.17) is 14.9 Å². The van der Waals surface area contributed by atoms with Gasteiger partial charge in [0.2, 0.25) is 0 Å². The van der Waals surface area contributed by atoms with E-state index in [0.29, 0.717) is 11.4 Å². The van der Waals surface area contributed by atoms with E-state index in [0.717, 1.165) is 0 Å². The molecule has 3 N–H and O–H groups in total. The second kappa shape index (κ2) is 8.31. The molecule has 0 aliphatic carbocycles. The quantitative estimate of drug-likeness (QED) is 0.578. The summed E-state index contributed by atoms with van der Waals surface area (Å²) in [6.45, 7) is 3.29. The van der Waals surface area contributed by atoms with Crippen LogP contribution in [0.2, 0.25) is 0 Å². The lowest BCUT2D eigenvalue weighted by Crippen LogP contribution is -2.51. The predicted octanol–water partition coefficient (Wildman–Crippen LogP) is 2.75. The average Bonchev–Trinajstić information content (AvgIpc) is 2.99. The largest absolute Gasteiger partial charge is 0.478 e. The van der Waals surface area contributed by atoms with Crippen LogP contribution in [-0.4, -0.2) is 46.2 Å². The van der Waals surface area contributed by atoms with Gasteiger partial charge in [0.1, 0.15) is 5.70 Å². The van der Waals surface area contributed by atoms with Gasteiger partial charge in [-0.3, -0.25) is 9.69 Å². The Morgan fingerprint density at radius 3 is 1.97 bits per heavy atom.